The van der Waals surface area contributed by atoms with Crippen molar-refractivity contribution in [2.75, 3.05) is 7.11 Å². The van der Waals surface area contributed by atoms with Crippen LogP contribution in [-0.4, -0.2) is 42.8 Å². The zero-order valence-corrected chi connectivity index (χ0v) is 12.8. The van der Waals surface area contributed by atoms with Crippen LogP contribution in [0.3, 0.4) is 0 Å². The van der Waals surface area contributed by atoms with Crippen molar-refractivity contribution in [2.45, 2.75) is 51.3 Å². The van der Waals surface area contributed by atoms with Crippen LogP contribution in [0.15, 0.2) is 0 Å². The Morgan fingerprint density at radius 1 is 1.00 bits per heavy atom. The SMILES string of the molecule is COC(=O)C1CC1C(=O)NC1CC1NC(=O)OC(C)(C)C. The molecule has 4 unspecified atom stereocenters. The molecule has 2 fully saturated rings. The molecule has 0 aromatic rings. The van der Waals surface area contributed by atoms with E-state index in [-0.39, 0.29) is 35.8 Å². The quantitative estimate of drug-likeness (QED) is 0.740. The lowest BCUT2D eigenvalue weighted by Crippen LogP contribution is -2.38. The van der Waals surface area contributed by atoms with Crippen LogP contribution < -0.4 is 10.6 Å². The van der Waals surface area contributed by atoms with Gasteiger partial charge < -0.3 is 20.1 Å². The highest BCUT2D eigenvalue weighted by atomic mass is 16.6. The molecular weight excluding hydrogens is 276 g/mol. The van der Waals surface area contributed by atoms with Crippen molar-refractivity contribution in [3.8, 4) is 0 Å². The van der Waals surface area contributed by atoms with Gasteiger partial charge in [-0.15, -0.1) is 0 Å². The molecule has 2 rings (SSSR count). The predicted octanol–water partition coefficient (Wildman–Crippen LogP) is 0.577. The smallest absolute Gasteiger partial charge is 0.407 e. The highest BCUT2D eigenvalue weighted by Crippen LogP contribution is 2.40. The first-order chi connectivity index (χ1) is 9.71. The van der Waals surface area contributed by atoms with Gasteiger partial charge in [0, 0.05) is 0 Å². The minimum atomic E-state index is -0.542. The second-order valence-electron chi connectivity index (χ2n) is 6.58. The van der Waals surface area contributed by atoms with Crippen LogP contribution >= 0.6 is 0 Å². The molecule has 118 valence electrons. The summed E-state index contributed by atoms with van der Waals surface area (Å²) in [6, 6.07) is -0.178. The van der Waals surface area contributed by atoms with Gasteiger partial charge in [-0.2, -0.15) is 0 Å². The second kappa shape index (κ2) is 5.54. The molecule has 2 saturated carbocycles. The summed E-state index contributed by atoms with van der Waals surface area (Å²) in [5.41, 5.74) is -0.542. The summed E-state index contributed by atoms with van der Waals surface area (Å²) < 4.78 is 9.74. The van der Waals surface area contributed by atoms with Crippen molar-refractivity contribution >= 4 is 18.0 Å². The van der Waals surface area contributed by atoms with Crippen molar-refractivity contribution < 1.29 is 23.9 Å². The van der Waals surface area contributed by atoms with Crippen molar-refractivity contribution in [1.29, 1.82) is 0 Å². The summed E-state index contributed by atoms with van der Waals surface area (Å²) in [6.45, 7) is 5.37. The first kappa shape index (κ1) is 15.6. The fourth-order valence-electron chi connectivity index (χ4n) is 2.16. The molecule has 0 heterocycles. The number of amides is 2. The third kappa shape index (κ3) is 4.34. The number of ether oxygens (including phenoxy) is 2. The minimum absolute atomic E-state index is 0.0797. The Morgan fingerprint density at radius 3 is 2.19 bits per heavy atom. The third-order valence-corrected chi connectivity index (χ3v) is 3.45. The number of rotatable bonds is 4. The Bertz CT molecular complexity index is 457. The maximum Gasteiger partial charge on any atom is 0.407 e. The van der Waals surface area contributed by atoms with E-state index in [0.29, 0.717) is 12.8 Å². The zero-order valence-electron chi connectivity index (χ0n) is 12.8. The monoisotopic (exact) mass is 298 g/mol. The summed E-state index contributed by atoms with van der Waals surface area (Å²) in [4.78, 5) is 34.7. The predicted molar refractivity (Wildman–Crippen MR) is 73.3 cm³/mol. The van der Waals surface area contributed by atoms with Gasteiger partial charge in [0.2, 0.25) is 5.91 Å². The van der Waals surface area contributed by atoms with Gasteiger partial charge in [0.1, 0.15) is 5.60 Å². The van der Waals surface area contributed by atoms with Crippen LogP contribution in [-0.2, 0) is 19.1 Å². The van der Waals surface area contributed by atoms with Crippen molar-refractivity contribution in [3.63, 3.8) is 0 Å². The molecule has 21 heavy (non-hydrogen) atoms. The second-order valence-corrected chi connectivity index (χ2v) is 6.58. The average Bonchev–Trinajstić information content (AvgIpc) is 3.22. The summed E-state index contributed by atoms with van der Waals surface area (Å²) in [6.07, 6.45) is 0.735. The van der Waals surface area contributed by atoms with Gasteiger partial charge in [-0.05, 0) is 33.6 Å². The van der Waals surface area contributed by atoms with E-state index in [1.807, 2.05) is 0 Å². The fraction of sp³-hybridized carbons (Fsp3) is 0.786. The van der Waals surface area contributed by atoms with E-state index in [1.54, 1.807) is 20.8 Å². The topological polar surface area (TPSA) is 93.7 Å². The van der Waals surface area contributed by atoms with Crippen LogP contribution in [0, 0.1) is 11.8 Å². The van der Waals surface area contributed by atoms with E-state index in [4.69, 9.17) is 4.74 Å². The molecule has 7 nitrogen and oxygen atoms in total. The van der Waals surface area contributed by atoms with Gasteiger partial charge in [-0.25, -0.2) is 4.79 Å². The number of carbonyl (C=O) groups is 3. The first-order valence-corrected chi connectivity index (χ1v) is 7.09. The lowest BCUT2D eigenvalue weighted by Gasteiger charge is -2.19. The zero-order chi connectivity index (χ0) is 15.8. The maximum atomic E-state index is 11.9. The molecular formula is C14H22N2O5. The number of alkyl carbamates (subject to hydrolysis) is 1. The Morgan fingerprint density at radius 2 is 1.62 bits per heavy atom. The van der Waals surface area contributed by atoms with Gasteiger partial charge in [0.15, 0.2) is 0 Å². The molecule has 0 aromatic heterocycles. The van der Waals surface area contributed by atoms with Gasteiger partial charge in [-0.1, -0.05) is 0 Å². The Labute approximate surface area is 123 Å². The number of methoxy groups -OCH3 is 1. The molecule has 0 bridgehead atoms. The van der Waals surface area contributed by atoms with Crippen LogP contribution in [0.1, 0.15) is 33.6 Å². The maximum absolute atomic E-state index is 11.9. The molecule has 0 radical (unpaired) electrons. The Kier molecular flexibility index (Phi) is 4.11. The molecule has 2 N–H and O–H groups in total. The standard InChI is InChI=1S/C14H22N2O5/c1-14(2,3)21-13(19)16-10-6-9(10)15-11(17)7-5-8(7)12(18)20-4/h7-10H,5-6H2,1-4H3,(H,15,17)(H,16,19). The lowest BCUT2D eigenvalue weighted by atomic mass is 10.2. The van der Waals surface area contributed by atoms with Gasteiger partial charge in [0.05, 0.1) is 31.0 Å². The molecule has 0 spiro atoms. The number of hydrogen-bond acceptors (Lipinski definition) is 5. The van der Waals surface area contributed by atoms with E-state index < -0.39 is 11.7 Å². The summed E-state index contributed by atoms with van der Waals surface area (Å²) in [5.74, 6) is -1.09. The molecule has 2 aliphatic rings. The van der Waals surface area contributed by atoms with Crippen LogP contribution in [0.5, 0.6) is 0 Å². The van der Waals surface area contributed by atoms with Crippen molar-refractivity contribution in [1.82, 2.24) is 10.6 Å². The largest absolute Gasteiger partial charge is 0.469 e. The number of carbonyl (C=O) groups excluding carboxylic acids is 3. The first-order valence-electron chi connectivity index (χ1n) is 7.09. The molecule has 7 heteroatoms. The molecule has 0 aliphatic heterocycles. The highest BCUT2D eigenvalue weighted by Gasteiger charge is 2.51. The van der Waals surface area contributed by atoms with Gasteiger partial charge in [-0.3, -0.25) is 9.59 Å². The van der Waals surface area contributed by atoms with E-state index in [9.17, 15) is 14.4 Å². The van der Waals surface area contributed by atoms with Gasteiger partial charge in [0.25, 0.3) is 0 Å². The molecule has 2 amide bonds. The summed E-state index contributed by atoms with van der Waals surface area (Å²) in [7, 11) is 1.32. The van der Waals surface area contributed by atoms with Gasteiger partial charge >= 0.3 is 12.1 Å². The van der Waals surface area contributed by atoms with Crippen LogP contribution in [0.25, 0.3) is 0 Å². The normalized spacial score (nSPS) is 30.1. The molecule has 4 atom stereocenters. The van der Waals surface area contributed by atoms with Crippen molar-refractivity contribution in [3.05, 3.63) is 0 Å². The van der Waals surface area contributed by atoms with E-state index in [2.05, 4.69) is 15.4 Å². The fourth-order valence-corrected chi connectivity index (χ4v) is 2.16. The lowest BCUT2D eigenvalue weighted by molar-refractivity contribution is -0.143. The number of nitrogens with one attached hydrogen (secondary N) is 2. The number of hydrogen-bond donors (Lipinski definition) is 2. The molecule has 0 saturated heterocycles. The third-order valence-electron chi connectivity index (χ3n) is 3.45. The van der Waals surface area contributed by atoms with E-state index >= 15 is 0 Å². The Hall–Kier alpha value is -1.79. The Balaban J connectivity index is 1.67. The summed E-state index contributed by atoms with van der Waals surface area (Å²) in [5, 5.41) is 5.53. The molecule has 0 aromatic carbocycles. The van der Waals surface area contributed by atoms with E-state index in [1.165, 1.54) is 7.11 Å². The van der Waals surface area contributed by atoms with Crippen LogP contribution in [0.4, 0.5) is 4.79 Å². The molecule has 2 aliphatic carbocycles. The number of esters is 1. The average molecular weight is 298 g/mol. The highest BCUT2D eigenvalue weighted by molar-refractivity contribution is 5.90. The van der Waals surface area contributed by atoms with Crippen molar-refractivity contribution in [2.24, 2.45) is 11.8 Å². The minimum Gasteiger partial charge on any atom is -0.469 e. The van der Waals surface area contributed by atoms with Crippen LogP contribution in [0.2, 0.25) is 0 Å². The summed E-state index contributed by atoms with van der Waals surface area (Å²) >= 11 is 0. The van der Waals surface area contributed by atoms with E-state index in [0.717, 1.165) is 0 Å².